The molecule has 1 atom stereocenters. The Labute approximate surface area is 308 Å². The minimum atomic E-state index is -4.04. The lowest BCUT2D eigenvalue weighted by Gasteiger charge is -2.32. The number of carboxylic acid groups (broad SMARTS) is 1. The van der Waals surface area contributed by atoms with E-state index in [1.807, 2.05) is 86.7 Å². The molecule has 0 saturated heterocycles. The molecule has 52 heavy (non-hydrogen) atoms. The zero-order chi connectivity index (χ0) is 38.0. The van der Waals surface area contributed by atoms with Gasteiger partial charge in [-0.25, -0.2) is 13.6 Å². The molecule has 0 spiro atoms. The van der Waals surface area contributed by atoms with Gasteiger partial charge in [0.1, 0.15) is 0 Å². The van der Waals surface area contributed by atoms with Crippen molar-refractivity contribution >= 4 is 43.2 Å². The van der Waals surface area contributed by atoms with E-state index in [4.69, 9.17) is 10.2 Å². The highest BCUT2D eigenvalue weighted by molar-refractivity contribution is 7.89. The van der Waals surface area contributed by atoms with Crippen molar-refractivity contribution in [2.45, 2.75) is 87.9 Å². The van der Waals surface area contributed by atoms with Crippen LogP contribution in [0.15, 0.2) is 114 Å². The van der Waals surface area contributed by atoms with Crippen molar-refractivity contribution in [1.82, 2.24) is 0 Å². The van der Waals surface area contributed by atoms with E-state index in [2.05, 4.69) is 29.3 Å². The van der Waals surface area contributed by atoms with Gasteiger partial charge in [0, 0.05) is 41.1 Å². The summed E-state index contributed by atoms with van der Waals surface area (Å²) in [6, 6.07) is 23.0. The molecule has 5 N–H and O–H groups in total. The fourth-order valence-corrected chi connectivity index (χ4v) is 7.96. The van der Waals surface area contributed by atoms with Gasteiger partial charge in [-0.3, -0.25) is 9.35 Å². The molecule has 4 rings (SSSR count). The minimum absolute atomic E-state index is 0.0574. The molecule has 10 nitrogen and oxygen atoms in total. The number of rotatable bonds is 19. The van der Waals surface area contributed by atoms with E-state index in [1.54, 1.807) is 12.1 Å². The zero-order valence-corrected chi connectivity index (χ0v) is 31.8. The fraction of sp³-hybridized carbons (Fsp3) is 0.375. The zero-order valence-electron chi connectivity index (χ0n) is 30.2. The number of para-hydroxylation sites is 2. The Balaban J connectivity index is 1.57. The first kappa shape index (κ1) is 40.5. The number of nitrogens with two attached hydrogens (primary N) is 1. The van der Waals surface area contributed by atoms with E-state index in [9.17, 15) is 26.2 Å². The van der Waals surface area contributed by atoms with Crippen LogP contribution >= 0.6 is 0 Å². The van der Waals surface area contributed by atoms with E-state index >= 15 is 0 Å². The Morgan fingerprint density at radius 1 is 0.904 bits per heavy atom. The Bertz CT molecular complexity index is 2010. The van der Waals surface area contributed by atoms with Gasteiger partial charge in [0.25, 0.3) is 10.1 Å². The minimum Gasteiger partial charge on any atom is -0.481 e. The third kappa shape index (κ3) is 11.1. The van der Waals surface area contributed by atoms with Crippen molar-refractivity contribution in [3.8, 4) is 0 Å². The van der Waals surface area contributed by atoms with Crippen LogP contribution in [0.3, 0.4) is 0 Å². The van der Waals surface area contributed by atoms with E-state index in [0.29, 0.717) is 38.6 Å². The van der Waals surface area contributed by atoms with Gasteiger partial charge in [0.2, 0.25) is 10.0 Å². The van der Waals surface area contributed by atoms with E-state index in [-0.39, 0.29) is 22.5 Å². The lowest BCUT2D eigenvalue weighted by molar-refractivity contribution is -0.137. The number of aliphatic carboxylic acids is 1. The van der Waals surface area contributed by atoms with Crippen molar-refractivity contribution in [3.05, 3.63) is 120 Å². The Kier molecular flexibility index (Phi) is 13.7. The van der Waals surface area contributed by atoms with E-state index in [0.717, 1.165) is 46.7 Å². The summed E-state index contributed by atoms with van der Waals surface area (Å²) in [5.41, 5.74) is 4.89. The van der Waals surface area contributed by atoms with Crippen LogP contribution in [0.4, 0.5) is 17.1 Å². The Hall–Kier alpha value is -4.23. The molecule has 0 radical (unpaired) electrons. The number of unbranched alkanes of at least 4 members (excludes halogenated alkanes) is 3. The first-order chi connectivity index (χ1) is 24.5. The number of primary sulfonamides is 1. The van der Waals surface area contributed by atoms with Gasteiger partial charge >= 0.3 is 5.97 Å². The molecule has 3 aromatic carbocycles. The largest absolute Gasteiger partial charge is 0.481 e. The average molecular weight is 750 g/mol. The third-order valence-electron chi connectivity index (χ3n) is 9.66. The maximum Gasteiger partial charge on any atom is 0.303 e. The molecule has 0 fully saturated rings. The van der Waals surface area contributed by atoms with Crippen LogP contribution in [-0.2, 0) is 35.8 Å². The molecule has 1 aliphatic rings. The molecule has 1 heterocycles. The quantitative estimate of drug-likeness (QED) is 0.0536. The molecule has 3 aromatic rings. The number of anilines is 3. The number of fused-ring (bicyclic) bond motifs is 1. The Morgan fingerprint density at radius 2 is 1.62 bits per heavy atom. The molecular formula is C40H51N3O7S2. The van der Waals surface area contributed by atoms with Crippen molar-refractivity contribution in [1.29, 1.82) is 0 Å². The number of nitrogens with zero attached hydrogens (tertiary/aromatic N) is 1. The molecule has 0 aromatic heterocycles. The predicted octanol–water partition coefficient (Wildman–Crippen LogP) is 8.22. The van der Waals surface area contributed by atoms with Crippen LogP contribution in [0.25, 0.3) is 0 Å². The highest BCUT2D eigenvalue weighted by atomic mass is 32.2. The maximum atomic E-state index is 12.2. The van der Waals surface area contributed by atoms with Crippen LogP contribution in [-0.4, -0.2) is 44.8 Å². The van der Waals surface area contributed by atoms with E-state index in [1.165, 1.54) is 6.07 Å². The summed E-state index contributed by atoms with van der Waals surface area (Å²) in [5.74, 6) is -1.09. The standard InChI is InChI=1S/C40H51N3O7S2/c1-39(2)34-30-32(52(41,49)50)24-25-36(34)43(28-16-7-11-23-38(44)45)37(39)22-10-4-5-14-26-40(3,27-15-17-29-51(46,47)48)33-20-12-13-21-35(33)42-31-18-8-6-9-19-31/h4-6,8-10,12-14,18-22,24-25,30,42H,7,11,15-17,23,26-29H2,1-3H3,(H,44,45)(H2,41,49,50)(H,46,47,48). The van der Waals surface area contributed by atoms with Crippen LogP contribution in [0.2, 0.25) is 0 Å². The second kappa shape index (κ2) is 17.5. The molecule has 1 aliphatic heterocycles. The summed E-state index contributed by atoms with van der Waals surface area (Å²) in [4.78, 5) is 13.2. The van der Waals surface area contributed by atoms with Crippen LogP contribution < -0.4 is 15.4 Å². The first-order valence-electron chi connectivity index (χ1n) is 17.6. The normalized spacial score (nSPS) is 16.4. The molecule has 280 valence electrons. The van der Waals surface area contributed by atoms with Crippen molar-refractivity contribution in [2.75, 3.05) is 22.5 Å². The number of carboxylic acids is 1. The summed E-state index contributed by atoms with van der Waals surface area (Å²) >= 11 is 0. The van der Waals surface area contributed by atoms with Crippen LogP contribution in [0.1, 0.15) is 83.3 Å². The van der Waals surface area contributed by atoms with Crippen molar-refractivity contribution in [2.24, 2.45) is 5.14 Å². The molecule has 0 amide bonds. The Morgan fingerprint density at radius 3 is 2.31 bits per heavy atom. The first-order valence-corrected chi connectivity index (χ1v) is 20.7. The smallest absolute Gasteiger partial charge is 0.303 e. The monoisotopic (exact) mass is 749 g/mol. The van der Waals surface area contributed by atoms with Gasteiger partial charge in [-0.2, -0.15) is 8.42 Å². The maximum absolute atomic E-state index is 12.2. The van der Waals surface area contributed by atoms with Gasteiger partial charge in [-0.1, -0.05) is 94.3 Å². The number of allylic oxidation sites excluding steroid dienone is 6. The third-order valence-corrected chi connectivity index (χ3v) is 11.4. The summed E-state index contributed by atoms with van der Waals surface area (Å²) in [7, 11) is -7.93. The molecular weight excluding hydrogens is 699 g/mol. The van der Waals surface area contributed by atoms with Crippen LogP contribution in [0.5, 0.6) is 0 Å². The number of benzene rings is 3. The van der Waals surface area contributed by atoms with Gasteiger partial charge in [0.05, 0.1) is 10.6 Å². The predicted molar refractivity (Wildman–Crippen MR) is 209 cm³/mol. The molecule has 12 heteroatoms. The topological polar surface area (TPSA) is 167 Å². The van der Waals surface area contributed by atoms with Crippen molar-refractivity contribution < 1.29 is 31.3 Å². The van der Waals surface area contributed by atoms with Crippen LogP contribution in [0, 0.1) is 0 Å². The lowest BCUT2D eigenvalue weighted by atomic mass is 9.74. The van der Waals surface area contributed by atoms with Crippen molar-refractivity contribution in [3.63, 3.8) is 0 Å². The number of sulfonamides is 1. The highest BCUT2D eigenvalue weighted by Gasteiger charge is 2.40. The second-order valence-corrected chi connectivity index (χ2v) is 17.2. The average Bonchev–Trinajstić information content (AvgIpc) is 3.29. The summed E-state index contributed by atoms with van der Waals surface area (Å²) in [5, 5.41) is 18.1. The van der Waals surface area contributed by atoms with Gasteiger partial charge < -0.3 is 15.3 Å². The molecule has 0 aliphatic carbocycles. The van der Waals surface area contributed by atoms with Gasteiger partial charge in [-0.15, -0.1) is 0 Å². The highest BCUT2D eigenvalue weighted by Crippen LogP contribution is 2.48. The fourth-order valence-electron chi connectivity index (χ4n) is 6.85. The summed E-state index contributed by atoms with van der Waals surface area (Å²) < 4.78 is 56.5. The van der Waals surface area contributed by atoms with Gasteiger partial charge in [-0.05, 0) is 91.1 Å². The lowest BCUT2D eigenvalue weighted by Crippen LogP contribution is -2.27. The number of hydrogen-bond acceptors (Lipinski definition) is 7. The van der Waals surface area contributed by atoms with Gasteiger partial charge in [0.15, 0.2) is 0 Å². The van der Waals surface area contributed by atoms with E-state index < -0.39 is 31.5 Å². The molecule has 0 bridgehead atoms. The summed E-state index contributed by atoms with van der Waals surface area (Å²) in [6.07, 6.45) is 14.6. The molecule has 0 saturated carbocycles. The number of carbonyl (C=O) groups is 1. The number of hydrogen-bond donors (Lipinski definition) is 4. The second-order valence-electron chi connectivity index (χ2n) is 14.1. The molecule has 1 unspecified atom stereocenters. The summed E-state index contributed by atoms with van der Waals surface area (Å²) in [6.45, 7) is 6.91. The number of nitrogens with one attached hydrogen (secondary N) is 1. The SMILES string of the molecule is CC(CC=CC=CC=C1N(CCCCCC(=O)O)c2ccc(S(N)(=O)=O)cc2C1(C)C)(CCCCS(=O)(=O)O)c1ccccc1Nc1ccccc1.